The lowest BCUT2D eigenvalue weighted by molar-refractivity contribution is -0.124. The van der Waals surface area contributed by atoms with Gasteiger partial charge in [-0.15, -0.1) is 0 Å². The van der Waals surface area contributed by atoms with E-state index in [1.54, 1.807) is 24.3 Å². The average Bonchev–Trinajstić information content (AvgIpc) is 2.70. The van der Waals surface area contributed by atoms with Crippen molar-refractivity contribution in [2.45, 2.75) is 32.1 Å². The zero-order valence-electron chi connectivity index (χ0n) is 15.4. The van der Waals surface area contributed by atoms with E-state index in [1.807, 2.05) is 0 Å². The van der Waals surface area contributed by atoms with Crippen molar-refractivity contribution in [1.29, 1.82) is 0 Å². The molecule has 1 aliphatic carbocycles. The van der Waals surface area contributed by atoms with Crippen molar-refractivity contribution >= 4 is 22.6 Å². The van der Waals surface area contributed by atoms with Gasteiger partial charge in [0.15, 0.2) is 12.3 Å². The standard InChI is InChI=1S/C20H23N3O4/c1-23-19(25)16-10-6-5-9-15(16)18(22-23)20(26)27-13-17(24)21-12-11-14-7-3-2-4-8-14/h5-7,9-10H,2-4,8,11-13H2,1H3,(H,21,24). The Hall–Kier alpha value is -2.96. The lowest BCUT2D eigenvalue weighted by Gasteiger charge is -2.13. The summed E-state index contributed by atoms with van der Waals surface area (Å²) < 4.78 is 6.19. The first-order valence-corrected chi connectivity index (χ1v) is 9.14. The molecule has 142 valence electrons. The minimum atomic E-state index is -0.730. The molecule has 1 amide bonds. The van der Waals surface area contributed by atoms with Gasteiger partial charge >= 0.3 is 5.97 Å². The summed E-state index contributed by atoms with van der Waals surface area (Å²) >= 11 is 0. The predicted molar refractivity (Wildman–Crippen MR) is 101 cm³/mol. The van der Waals surface area contributed by atoms with E-state index < -0.39 is 5.97 Å². The number of allylic oxidation sites excluding steroid dienone is 1. The summed E-state index contributed by atoms with van der Waals surface area (Å²) in [5.41, 5.74) is 1.10. The molecule has 0 saturated heterocycles. The molecule has 3 rings (SSSR count). The van der Waals surface area contributed by atoms with Crippen LogP contribution in [0.1, 0.15) is 42.6 Å². The van der Waals surface area contributed by atoms with Gasteiger partial charge in [-0.25, -0.2) is 9.48 Å². The zero-order chi connectivity index (χ0) is 19.2. The fraction of sp³-hybridized carbons (Fsp3) is 0.400. The molecule has 0 bridgehead atoms. The van der Waals surface area contributed by atoms with Crippen LogP contribution in [0.4, 0.5) is 0 Å². The maximum absolute atomic E-state index is 12.4. The van der Waals surface area contributed by atoms with Gasteiger partial charge in [0.2, 0.25) is 0 Å². The number of rotatable bonds is 6. The van der Waals surface area contributed by atoms with Gasteiger partial charge in [0, 0.05) is 19.0 Å². The number of carbonyl (C=O) groups is 2. The number of nitrogens with one attached hydrogen (secondary N) is 1. The SMILES string of the molecule is Cn1nc(C(=O)OCC(=O)NCCC2=CCCCC2)c2ccccc2c1=O. The molecule has 2 aromatic rings. The summed E-state index contributed by atoms with van der Waals surface area (Å²) in [7, 11) is 1.47. The number of benzene rings is 1. The van der Waals surface area contributed by atoms with Crippen molar-refractivity contribution in [1.82, 2.24) is 15.1 Å². The van der Waals surface area contributed by atoms with Crippen LogP contribution < -0.4 is 10.9 Å². The second-order valence-corrected chi connectivity index (χ2v) is 6.61. The van der Waals surface area contributed by atoms with Crippen molar-refractivity contribution in [3.05, 3.63) is 52.0 Å². The van der Waals surface area contributed by atoms with Crippen molar-refractivity contribution < 1.29 is 14.3 Å². The van der Waals surface area contributed by atoms with Gasteiger partial charge in [-0.05, 0) is 38.2 Å². The molecule has 7 nitrogen and oxygen atoms in total. The van der Waals surface area contributed by atoms with Crippen molar-refractivity contribution in [2.24, 2.45) is 7.05 Å². The topological polar surface area (TPSA) is 90.3 Å². The molecule has 7 heteroatoms. The Labute approximate surface area is 157 Å². The van der Waals surface area contributed by atoms with Crippen LogP contribution in [0.3, 0.4) is 0 Å². The summed E-state index contributed by atoms with van der Waals surface area (Å²) in [6.07, 6.45) is 7.72. The minimum absolute atomic E-state index is 0.0212. The third-order valence-electron chi connectivity index (χ3n) is 4.64. The van der Waals surface area contributed by atoms with Gasteiger partial charge < -0.3 is 10.1 Å². The highest BCUT2D eigenvalue weighted by atomic mass is 16.5. The van der Waals surface area contributed by atoms with Crippen LogP contribution in [0.25, 0.3) is 10.8 Å². The Kier molecular flexibility index (Phi) is 6.01. The monoisotopic (exact) mass is 369 g/mol. The molecule has 0 spiro atoms. The highest BCUT2D eigenvalue weighted by Gasteiger charge is 2.18. The van der Waals surface area contributed by atoms with E-state index in [0.717, 1.165) is 23.9 Å². The number of hydrogen-bond acceptors (Lipinski definition) is 5. The fourth-order valence-corrected chi connectivity index (χ4v) is 3.20. The van der Waals surface area contributed by atoms with E-state index in [2.05, 4.69) is 16.5 Å². The maximum Gasteiger partial charge on any atom is 0.359 e. The molecule has 0 radical (unpaired) electrons. The summed E-state index contributed by atoms with van der Waals surface area (Å²) in [5, 5.41) is 7.55. The average molecular weight is 369 g/mol. The molecule has 0 fully saturated rings. The van der Waals surface area contributed by atoms with Gasteiger partial charge in [-0.3, -0.25) is 9.59 Å². The molecule has 0 atom stereocenters. The Morgan fingerprint density at radius 2 is 2.00 bits per heavy atom. The number of aryl methyl sites for hydroxylation is 1. The van der Waals surface area contributed by atoms with E-state index in [4.69, 9.17) is 4.74 Å². The largest absolute Gasteiger partial charge is 0.451 e. The van der Waals surface area contributed by atoms with Crippen LogP contribution >= 0.6 is 0 Å². The fourth-order valence-electron chi connectivity index (χ4n) is 3.20. The van der Waals surface area contributed by atoms with Gasteiger partial charge in [-0.1, -0.05) is 29.8 Å². The number of fused-ring (bicyclic) bond motifs is 1. The smallest absolute Gasteiger partial charge is 0.359 e. The Morgan fingerprint density at radius 3 is 2.74 bits per heavy atom. The van der Waals surface area contributed by atoms with Gasteiger partial charge in [-0.2, -0.15) is 5.10 Å². The summed E-state index contributed by atoms with van der Waals surface area (Å²) in [5.74, 6) is -1.08. The molecule has 1 N–H and O–H groups in total. The molecule has 0 aliphatic heterocycles. The van der Waals surface area contributed by atoms with Crippen molar-refractivity contribution in [3.8, 4) is 0 Å². The number of hydrogen-bond donors (Lipinski definition) is 1. The lowest BCUT2D eigenvalue weighted by Crippen LogP contribution is -2.30. The van der Waals surface area contributed by atoms with E-state index in [9.17, 15) is 14.4 Å². The quantitative estimate of drug-likeness (QED) is 0.622. The molecule has 1 heterocycles. The molecule has 27 heavy (non-hydrogen) atoms. The number of ether oxygens (including phenoxy) is 1. The molecule has 1 aromatic heterocycles. The van der Waals surface area contributed by atoms with Crippen LogP contribution in [-0.4, -0.2) is 34.8 Å². The van der Waals surface area contributed by atoms with Crippen LogP contribution in [0.2, 0.25) is 0 Å². The first-order valence-electron chi connectivity index (χ1n) is 9.14. The molecular formula is C20H23N3O4. The number of nitrogens with zero attached hydrogens (tertiary/aromatic N) is 2. The van der Waals surface area contributed by atoms with E-state index in [0.29, 0.717) is 17.3 Å². The second-order valence-electron chi connectivity index (χ2n) is 6.61. The zero-order valence-corrected chi connectivity index (χ0v) is 15.4. The van der Waals surface area contributed by atoms with Gasteiger partial charge in [0.1, 0.15) is 0 Å². The van der Waals surface area contributed by atoms with Crippen LogP contribution in [0, 0.1) is 0 Å². The van der Waals surface area contributed by atoms with Crippen molar-refractivity contribution in [2.75, 3.05) is 13.2 Å². The summed E-state index contributed by atoms with van der Waals surface area (Å²) in [6, 6.07) is 6.70. The van der Waals surface area contributed by atoms with Crippen LogP contribution in [-0.2, 0) is 16.6 Å². The highest BCUT2D eigenvalue weighted by Crippen LogP contribution is 2.19. The third kappa shape index (κ3) is 4.61. The highest BCUT2D eigenvalue weighted by molar-refractivity contribution is 6.02. The lowest BCUT2D eigenvalue weighted by atomic mass is 9.97. The normalized spacial score (nSPS) is 13.9. The molecule has 1 aliphatic rings. The van der Waals surface area contributed by atoms with E-state index in [-0.39, 0.29) is 23.8 Å². The summed E-state index contributed by atoms with van der Waals surface area (Å²) in [6.45, 7) is 0.153. The maximum atomic E-state index is 12.4. The minimum Gasteiger partial charge on any atom is -0.451 e. The molecular weight excluding hydrogens is 346 g/mol. The Morgan fingerprint density at radius 1 is 1.22 bits per heavy atom. The third-order valence-corrected chi connectivity index (χ3v) is 4.64. The van der Waals surface area contributed by atoms with E-state index in [1.165, 1.54) is 25.5 Å². The van der Waals surface area contributed by atoms with Gasteiger partial charge in [0.25, 0.3) is 11.5 Å². The molecule has 0 saturated carbocycles. The molecule has 0 unspecified atom stereocenters. The van der Waals surface area contributed by atoms with Crippen molar-refractivity contribution in [3.63, 3.8) is 0 Å². The second kappa shape index (κ2) is 8.62. The van der Waals surface area contributed by atoms with Crippen LogP contribution in [0.15, 0.2) is 40.7 Å². The van der Waals surface area contributed by atoms with Gasteiger partial charge in [0.05, 0.1) is 5.39 Å². The first kappa shape index (κ1) is 18.8. The Balaban J connectivity index is 1.57. The Bertz CT molecular complexity index is 946. The molecule has 1 aromatic carbocycles. The van der Waals surface area contributed by atoms with E-state index >= 15 is 0 Å². The number of aromatic nitrogens is 2. The summed E-state index contributed by atoms with van der Waals surface area (Å²) in [4.78, 5) is 36.4. The number of carbonyl (C=O) groups excluding carboxylic acids is 2. The number of esters is 1. The first-order chi connectivity index (χ1) is 13.1. The van der Waals surface area contributed by atoms with Crippen LogP contribution in [0.5, 0.6) is 0 Å². The number of amides is 1. The predicted octanol–water partition coefficient (Wildman–Crippen LogP) is 2.10.